The molecule has 7 aromatic carbocycles. The van der Waals surface area contributed by atoms with E-state index in [0.29, 0.717) is 0 Å². The Kier molecular flexibility index (Phi) is 11.1. The lowest BCUT2D eigenvalue weighted by atomic mass is 9.85. The third-order valence-corrected chi connectivity index (χ3v) is 12.1. The van der Waals surface area contributed by atoms with E-state index in [2.05, 4.69) is 172 Å². The largest absolute Gasteiger partial charge is 0.261 e. The molecule has 286 valence electrons. The predicted molar refractivity (Wildman–Crippen MR) is 249 cm³/mol. The molecule has 0 aliphatic carbocycles. The second-order valence-electron chi connectivity index (χ2n) is 16.1. The molecule has 0 aliphatic heterocycles. The van der Waals surface area contributed by atoms with Gasteiger partial charge in [-0.15, -0.1) is 0 Å². The molecule has 0 atom stereocenters. The minimum atomic E-state index is 1.06. The van der Waals surface area contributed by atoms with E-state index < -0.39 is 0 Å². The standard InChI is InChI=1S/C56H52N2/c1-3-5-7-9-15-49-35-45-31-29-43(33-47(45)37-57-49)39-21-25-41(26-22-39)55-51-17-11-13-19-53(51)56(54-20-14-12-18-52(54)55)42-27-23-40(24-28-42)44-30-32-46-36-50(16-10-8-6-4-2)58-38-48(46)34-44/h11-14,17-38H,3-10,15-16H2,1-2H3. The van der Waals surface area contributed by atoms with Gasteiger partial charge < -0.3 is 0 Å². The number of unbranched alkanes of at least 4 members (excludes halogenated alkanes) is 6. The Morgan fingerprint density at radius 1 is 0.328 bits per heavy atom. The SMILES string of the molecule is CCCCCCc1cc2ccc(-c3ccc(-c4c5ccccc5c(-c5ccc(-c6ccc7cc(CCCCCC)ncc7c6)cc5)c5ccccc45)cc3)cc2cn1. The fourth-order valence-electron chi connectivity index (χ4n) is 8.88. The van der Waals surface area contributed by atoms with Crippen molar-refractivity contribution < 1.29 is 0 Å². The molecule has 2 heteroatoms. The van der Waals surface area contributed by atoms with Crippen molar-refractivity contribution in [1.29, 1.82) is 0 Å². The van der Waals surface area contributed by atoms with Gasteiger partial charge in [-0.1, -0.05) is 174 Å². The van der Waals surface area contributed by atoms with Crippen LogP contribution in [0.15, 0.2) is 158 Å². The zero-order valence-corrected chi connectivity index (χ0v) is 34.0. The lowest BCUT2D eigenvalue weighted by Gasteiger charge is -2.18. The third-order valence-electron chi connectivity index (χ3n) is 12.1. The summed E-state index contributed by atoms with van der Waals surface area (Å²) >= 11 is 0. The van der Waals surface area contributed by atoms with Gasteiger partial charge in [0.25, 0.3) is 0 Å². The summed E-state index contributed by atoms with van der Waals surface area (Å²) in [7, 11) is 0. The maximum Gasteiger partial charge on any atom is 0.0410 e. The molecule has 9 rings (SSSR count). The lowest BCUT2D eigenvalue weighted by Crippen LogP contribution is -1.92. The maximum atomic E-state index is 4.82. The van der Waals surface area contributed by atoms with E-state index in [-0.39, 0.29) is 0 Å². The first kappa shape index (κ1) is 37.5. The summed E-state index contributed by atoms with van der Waals surface area (Å²) in [5, 5.41) is 9.98. The topological polar surface area (TPSA) is 25.8 Å². The van der Waals surface area contributed by atoms with Crippen LogP contribution in [0.1, 0.15) is 76.6 Å². The third kappa shape index (κ3) is 7.77. The van der Waals surface area contributed by atoms with Crippen LogP contribution < -0.4 is 0 Å². The molecule has 0 fully saturated rings. The van der Waals surface area contributed by atoms with Crippen molar-refractivity contribution in [2.24, 2.45) is 0 Å². The molecule has 9 aromatic rings. The van der Waals surface area contributed by atoms with Crippen LogP contribution in [0.4, 0.5) is 0 Å². The molecule has 58 heavy (non-hydrogen) atoms. The highest BCUT2D eigenvalue weighted by Crippen LogP contribution is 2.44. The van der Waals surface area contributed by atoms with Gasteiger partial charge in [0.1, 0.15) is 0 Å². The van der Waals surface area contributed by atoms with Crippen LogP contribution in [-0.2, 0) is 12.8 Å². The van der Waals surface area contributed by atoms with Gasteiger partial charge in [-0.3, -0.25) is 9.97 Å². The summed E-state index contributed by atoms with van der Waals surface area (Å²) < 4.78 is 0. The van der Waals surface area contributed by atoms with Crippen molar-refractivity contribution in [2.75, 3.05) is 0 Å². The zero-order valence-electron chi connectivity index (χ0n) is 34.0. The van der Waals surface area contributed by atoms with Crippen molar-refractivity contribution in [1.82, 2.24) is 9.97 Å². The lowest BCUT2D eigenvalue weighted by molar-refractivity contribution is 0.661. The van der Waals surface area contributed by atoms with E-state index in [1.54, 1.807) is 0 Å². The van der Waals surface area contributed by atoms with Gasteiger partial charge in [-0.2, -0.15) is 0 Å². The molecule has 0 aliphatic rings. The average Bonchev–Trinajstić information content (AvgIpc) is 3.28. The van der Waals surface area contributed by atoms with Crippen LogP contribution >= 0.6 is 0 Å². The smallest absolute Gasteiger partial charge is 0.0410 e. The summed E-state index contributed by atoms with van der Waals surface area (Å²) in [6.07, 6.45) is 16.3. The molecule has 0 saturated carbocycles. The highest BCUT2D eigenvalue weighted by Gasteiger charge is 2.17. The van der Waals surface area contributed by atoms with Crippen LogP contribution in [0.2, 0.25) is 0 Å². The predicted octanol–water partition coefficient (Wildman–Crippen LogP) is 16.0. The molecule has 0 N–H and O–H groups in total. The zero-order chi connectivity index (χ0) is 39.3. The first-order valence-corrected chi connectivity index (χ1v) is 21.6. The van der Waals surface area contributed by atoms with Crippen LogP contribution in [0.3, 0.4) is 0 Å². The first-order valence-electron chi connectivity index (χ1n) is 21.6. The van der Waals surface area contributed by atoms with Gasteiger partial charge >= 0.3 is 0 Å². The van der Waals surface area contributed by atoms with Gasteiger partial charge in [-0.05, 0) is 127 Å². The number of aryl methyl sites for hydroxylation is 2. The fourth-order valence-corrected chi connectivity index (χ4v) is 8.88. The summed E-state index contributed by atoms with van der Waals surface area (Å²) in [6.45, 7) is 4.52. The number of nitrogens with zero attached hydrogens (tertiary/aromatic N) is 2. The number of benzene rings is 7. The Hall–Kier alpha value is -6.12. The Bertz CT molecular complexity index is 2600. The van der Waals surface area contributed by atoms with E-state index in [1.807, 2.05) is 0 Å². The van der Waals surface area contributed by atoms with Crippen molar-refractivity contribution >= 4 is 43.1 Å². The number of aromatic nitrogens is 2. The molecule has 2 heterocycles. The Labute approximate surface area is 343 Å². The molecule has 2 nitrogen and oxygen atoms in total. The fraction of sp³-hybridized carbons (Fsp3) is 0.214. The first-order chi connectivity index (χ1) is 28.7. The summed E-state index contributed by atoms with van der Waals surface area (Å²) in [6, 6.07) is 54.3. The number of rotatable bonds is 14. The molecule has 0 bridgehead atoms. The Balaban J connectivity index is 1.01. The molecule has 2 aromatic heterocycles. The average molecular weight is 753 g/mol. The minimum Gasteiger partial charge on any atom is -0.261 e. The van der Waals surface area contributed by atoms with Crippen LogP contribution in [-0.4, -0.2) is 9.97 Å². The summed E-state index contributed by atoms with van der Waals surface area (Å²) in [4.78, 5) is 9.64. The van der Waals surface area contributed by atoms with Crippen molar-refractivity contribution in [3.05, 3.63) is 169 Å². The Morgan fingerprint density at radius 3 is 1.07 bits per heavy atom. The number of hydrogen-bond donors (Lipinski definition) is 0. The van der Waals surface area contributed by atoms with Crippen LogP contribution in [0.25, 0.3) is 87.6 Å². The summed E-state index contributed by atoms with van der Waals surface area (Å²) in [5.74, 6) is 0. The molecule has 0 spiro atoms. The molecular formula is C56H52N2. The van der Waals surface area contributed by atoms with Crippen LogP contribution in [0.5, 0.6) is 0 Å². The van der Waals surface area contributed by atoms with Gasteiger partial charge in [-0.25, -0.2) is 0 Å². The van der Waals surface area contributed by atoms with E-state index in [4.69, 9.17) is 9.97 Å². The van der Waals surface area contributed by atoms with E-state index in [0.717, 1.165) is 12.8 Å². The number of hydrogen-bond acceptors (Lipinski definition) is 2. The van der Waals surface area contributed by atoms with E-state index in [9.17, 15) is 0 Å². The van der Waals surface area contributed by atoms with Gasteiger partial charge in [0.15, 0.2) is 0 Å². The second-order valence-corrected chi connectivity index (χ2v) is 16.1. The van der Waals surface area contributed by atoms with E-state index >= 15 is 0 Å². The normalized spacial score (nSPS) is 11.6. The highest BCUT2D eigenvalue weighted by molar-refractivity contribution is 6.21. The Morgan fingerprint density at radius 2 is 0.690 bits per heavy atom. The second kappa shape index (κ2) is 17.2. The quantitative estimate of drug-likeness (QED) is 0.0816. The number of pyridine rings is 2. The molecule has 0 amide bonds. The van der Waals surface area contributed by atoms with Crippen molar-refractivity contribution in [3.8, 4) is 44.5 Å². The number of fused-ring (bicyclic) bond motifs is 4. The minimum absolute atomic E-state index is 1.06. The van der Waals surface area contributed by atoms with Crippen LogP contribution in [0, 0.1) is 0 Å². The maximum absolute atomic E-state index is 4.82. The molecular weight excluding hydrogens is 701 g/mol. The van der Waals surface area contributed by atoms with Crippen molar-refractivity contribution in [2.45, 2.75) is 78.1 Å². The van der Waals surface area contributed by atoms with Gasteiger partial charge in [0, 0.05) is 34.6 Å². The molecule has 0 unspecified atom stereocenters. The van der Waals surface area contributed by atoms with Gasteiger partial charge in [0.05, 0.1) is 0 Å². The highest BCUT2D eigenvalue weighted by atomic mass is 14.7. The molecule has 0 radical (unpaired) electrons. The van der Waals surface area contributed by atoms with Gasteiger partial charge in [0.2, 0.25) is 0 Å². The van der Waals surface area contributed by atoms with E-state index in [1.165, 1.54) is 150 Å². The summed E-state index contributed by atoms with van der Waals surface area (Å²) in [5.41, 5.74) is 12.3. The van der Waals surface area contributed by atoms with Crippen molar-refractivity contribution in [3.63, 3.8) is 0 Å². The monoisotopic (exact) mass is 752 g/mol. The molecule has 0 saturated heterocycles.